The van der Waals surface area contributed by atoms with Crippen LogP contribution in [0.1, 0.15) is 11.4 Å². The maximum atomic E-state index is 5.57. The predicted molar refractivity (Wildman–Crippen MR) is 73.7 cm³/mol. The molecule has 19 heavy (non-hydrogen) atoms. The molecular weight excluding hydrogens is 238 g/mol. The van der Waals surface area contributed by atoms with Gasteiger partial charge in [0.1, 0.15) is 0 Å². The van der Waals surface area contributed by atoms with Gasteiger partial charge in [-0.2, -0.15) is 9.61 Å². The van der Waals surface area contributed by atoms with Gasteiger partial charge in [-0.1, -0.05) is 23.8 Å². The van der Waals surface area contributed by atoms with Crippen molar-refractivity contribution in [2.24, 2.45) is 5.73 Å². The van der Waals surface area contributed by atoms with E-state index in [1.165, 1.54) is 5.56 Å². The van der Waals surface area contributed by atoms with Crippen LogP contribution >= 0.6 is 0 Å². The molecule has 2 aromatic heterocycles. The molecule has 5 nitrogen and oxygen atoms in total. The van der Waals surface area contributed by atoms with Crippen molar-refractivity contribution in [2.45, 2.75) is 13.3 Å². The minimum Gasteiger partial charge on any atom is -0.330 e. The highest BCUT2D eigenvalue weighted by atomic mass is 15.4. The molecule has 0 unspecified atom stereocenters. The van der Waals surface area contributed by atoms with Crippen LogP contribution in [0.25, 0.3) is 16.9 Å². The predicted octanol–water partition coefficient (Wildman–Crippen LogP) is 1.60. The van der Waals surface area contributed by atoms with Gasteiger partial charge in [-0.15, -0.1) is 10.2 Å². The van der Waals surface area contributed by atoms with E-state index in [0.29, 0.717) is 13.0 Å². The highest BCUT2D eigenvalue weighted by Gasteiger charge is 2.07. The Kier molecular flexibility index (Phi) is 2.97. The van der Waals surface area contributed by atoms with Gasteiger partial charge in [-0.3, -0.25) is 0 Å². The molecule has 3 aromatic rings. The van der Waals surface area contributed by atoms with Crippen LogP contribution in [0.5, 0.6) is 0 Å². The number of fused-ring (bicyclic) bond motifs is 1. The first kappa shape index (κ1) is 11.8. The van der Waals surface area contributed by atoms with E-state index in [4.69, 9.17) is 5.73 Å². The molecule has 0 spiro atoms. The number of aromatic nitrogens is 4. The van der Waals surface area contributed by atoms with Crippen LogP contribution in [-0.4, -0.2) is 26.4 Å². The van der Waals surface area contributed by atoms with Gasteiger partial charge in [0.05, 0.1) is 5.69 Å². The first-order valence-corrected chi connectivity index (χ1v) is 6.26. The summed E-state index contributed by atoms with van der Waals surface area (Å²) in [4.78, 5) is 0. The molecule has 0 bridgehead atoms. The van der Waals surface area contributed by atoms with Crippen molar-refractivity contribution in [2.75, 3.05) is 6.54 Å². The van der Waals surface area contributed by atoms with Crippen LogP contribution in [-0.2, 0) is 6.42 Å². The fourth-order valence-electron chi connectivity index (χ4n) is 2.08. The standard InChI is InChI=1S/C14H15N5/c1-10-3-2-4-11(9-10)12-5-6-13-16-17-14(7-8-15)19(13)18-12/h2-6,9H,7-8,15H2,1H3. The summed E-state index contributed by atoms with van der Waals surface area (Å²) >= 11 is 0. The number of nitrogens with two attached hydrogens (primary N) is 1. The summed E-state index contributed by atoms with van der Waals surface area (Å²) in [5.74, 6) is 0.798. The molecule has 3 rings (SSSR count). The number of aryl methyl sites for hydroxylation is 1. The number of nitrogens with zero attached hydrogens (tertiary/aromatic N) is 4. The molecule has 0 fully saturated rings. The highest BCUT2D eigenvalue weighted by Crippen LogP contribution is 2.18. The van der Waals surface area contributed by atoms with Crippen LogP contribution in [0, 0.1) is 6.92 Å². The van der Waals surface area contributed by atoms with Gasteiger partial charge in [0.15, 0.2) is 11.5 Å². The van der Waals surface area contributed by atoms with Crippen molar-refractivity contribution >= 4 is 5.65 Å². The molecular formula is C14H15N5. The van der Waals surface area contributed by atoms with Crippen LogP contribution in [0.15, 0.2) is 36.4 Å². The summed E-state index contributed by atoms with van der Waals surface area (Å²) in [7, 11) is 0. The maximum Gasteiger partial charge on any atom is 0.177 e. The summed E-state index contributed by atoms with van der Waals surface area (Å²) < 4.78 is 1.77. The zero-order chi connectivity index (χ0) is 13.2. The van der Waals surface area contributed by atoms with Gasteiger partial charge in [-0.05, 0) is 31.7 Å². The van der Waals surface area contributed by atoms with E-state index >= 15 is 0 Å². The minimum absolute atomic E-state index is 0.539. The second kappa shape index (κ2) is 4.78. The van der Waals surface area contributed by atoms with E-state index in [1.54, 1.807) is 4.52 Å². The van der Waals surface area contributed by atoms with Gasteiger partial charge in [0, 0.05) is 12.0 Å². The van der Waals surface area contributed by atoms with Crippen molar-refractivity contribution in [3.63, 3.8) is 0 Å². The van der Waals surface area contributed by atoms with Crippen molar-refractivity contribution < 1.29 is 0 Å². The van der Waals surface area contributed by atoms with Crippen LogP contribution in [0.4, 0.5) is 0 Å². The molecule has 0 aliphatic heterocycles. The Bertz CT molecular complexity index is 717. The molecule has 0 atom stereocenters. The van der Waals surface area contributed by atoms with Gasteiger partial charge in [-0.25, -0.2) is 0 Å². The maximum absolute atomic E-state index is 5.57. The van der Waals surface area contributed by atoms with Gasteiger partial charge in [0.2, 0.25) is 0 Å². The van der Waals surface area contributed by atoms with E-state index < -0.39 is 0 Å². The Labute approximate surface area is 111 Å². The monoisotopic (exact) mass is 253 g/mol. The fraction of sp³-hybridized carbons (Fsp3) is 0.214. The summed E-state index contributed by atoms with van der Waals surface area (Å²) in [6.45, 7) is 2.61. The molecule has 0 saturated heterocycles. The highest BCUT2D eigenvalue weighted by molar-refractivity contribution is 5.61. The molecule has 2 heterocycles. The quantitative estimate of drug-likeness (QED) is 0.769. The minimum atomic E-state index is 0.539. The van der Waals surface area contributed by atoms with E-state index in [1.807, 2.05) is 24.3 Å². The van der Waals surface area contributed by atoms with Crippen molar-refractivity contribution in [1.29, 1.82) is 0 Å². The Morgan fingerprint density at radius 3 is 2.84 bits per heavy atom. The second-order valence-electron chi connectivity index (χ2n) is 4.51. The molecule has 0 radical (unpaired) electrons. The van der Waals surface area contributed by atoms with Crippen molar-refractivity contribution in [3.05, 3.63) is 47.8 Å². The van der Waals surface area contributed by atoms with E-state index in [-0.39, 0.29) is 0 Å². The van der Waals surface area contributed by atoms with Crippen LogP contribution in [0.2, 0.25) is 0 Å². The lowest BCUT2D eigenvalue weighted by molar-refractivity contribution is 0.793. The van der Waals surface area contributed by atoms with Gasteiger partial charge in [0.25, 0.3) is 0 Å². The number of benzene rings is 1. The second-order valence-corrected chi connectivity index (χ2v) is 4.51. The number of rotatable bonds is 3. The molecule has 96 valence electrons. The summed E-state index contributed by atoms with van der Waals surface area (Å²) in [6.07, 6.45) is 0.672. The molecule has 2 N–H and O–H groups in total. The topological polar surface area (TPSA) is 69.1 Å². The summed E-state index contributed by atoms with van der Waals surface area (Å²) in [5, 5.41) is 12.8. The Balaban J connectivity index is 2.12. The molecule has 0 aliphatic carbocycles. The normalized spacial score (nSPS) is 11.1. The lowest BCUT2D eigenvalue weighted by Gasteiger charge is -2.03. The van der Waals surface area contributed by atoms with Gasteiger partial charge >= 0.3 is 0 Å². The number of hydrogen-bond acceptors (Lipinski definition) is 4. The summed E-state index contributed by atoms with van der Waals surface area (Å²) in [6, 6.07) is 12.2. The van der Waals surface area contributed by atoms with E-state index in [9.17, 15) is 0 Å². The van der Waals surface area contributed by atoms with E-state index in [2.05, 4.69) is 34.4 Å². The molecule has 5 heteroatoms. The molecule has 1 aromatic carbocycles. The first-order chi connectivity index (χ1) is 9.28. The van der Waals surface area contributed by atoms with Crippen molar-refractivity contribution in [3.8, 4) is 11.3 Å². The molecule has 0 amide bonds. The first-order valence-electron chi connectivity index (χ1n) is 6.26. The van der Waals surface area contributed by atoms with Gasteiger partial charge < -0.3 is 5.73 Å². The van der Waals surface area contributed by atoms with Crippen LogP contribution < -0.4 is 5.73 Å². The average Bonchev–Trinajstić information content (AvgIpc) is 2.82. The molecule has 0 saturated carbocycles. The van der Waals surface area contributed by atoms with E-state index in [0.717, 1.165) is 22.7 Å². The zero-order valence-corrected chi connectivity index (χ0v) is 10.7. The third kappa shape index (κ3) is 2.20. The summed E-state index contributed by atoms with van der Waals surface area (Å²) in [5.41, 5.74) is 9.54. The third-order valence-corrected chi connectivity index (χ3v) is 3.01. The smallest absolute Gasteiger partial charge is 0.177 e. The number of hydrogen-bond donors (Lipinski definition) is 1. The zero-order valence-electron chi connectivity index (χ0n) is 10.7. The third-order valence-electron chi connectivity index (χ3n) is 3.01. The van der Waals surface area contributed by atoms with Crippen molar-refractivity contribution in [1.82, 2.24) is 19.8 Å². The largest absolute Gasteiger partial charge is 0.330 e. The van der Waals surface area contributed by atoms with Crippen LogP contribution in [0.3, 0.4) is 0 Å². The Morgan fingerprint density at radius 2 is 2.05 bits per heavy atom. The lowest BCUT2D eigenvalue weighted by atomic mass is 10.1. The molecule has 0 aliphatic rings. The Morgan fingerprint density at radius 1 is 1.16 bits per heavy atom. The average molecular weight is 253 g/mol. The lowest BCUT2D eigenvalue weighted by Crippen LogP contribution is -2.08. The Hall–Kier alpha value is -2.27. The SMILES string of the molecule is Cc1cccc(-c2ccc3nnc(CCN)n3n2)c1. The fourth-order valence-corrected chi connectivity index (χ4v) is 2.08.